The Hall–Kier alpha value is -2.40. The number of hydrogen-bond acceptors (Lipinski definition) is 7. The van der Waals surface area contributed by atoms with Crippen LogP contribution in [-0.4, -0.2) is 39.6 Å². The van der Waals surface area contributed by atoms with Gasteiger partial charge in [-0.15, -0.1) is 0 Å². The Kier molecular flexibility index (Phi) is 4.88. The van der Waals surface area contributed by atoms with Gasteiger partial charge in [-0.1, -0.05) is 18.2 Å². The number of rotatable bonds is 4. The van der Waals surface area contributed by atoms with Gasteiger partial charge in [0.15, 0.2) is 0 Å². The minimum atomic E-state index is -3.86. The predicted molar refractivity (Wildman–Crippen MR) is 101 cm³/mol. The molecule has 1 atom stereocenters. The van der Waals surface area contributed by atoms with Crippen molar-refractivity contribution in [3.63, 3.8) is 0 Å². The molecule has 0 spiro atoms. The average Bonchev–Trinajstić information content (AvgIpc) is 3.15. The lowest BCUT2D eigenvalue weighted by molar-refractivity contribution is 0.0598. The number of benzene rings is 2. The maximum absolute atomic E-state index is 12.8. The van der Waals surface area contributed by atoms with E-state index in [0.717, 1.165) is 17.7 Å². The second-order valence-electron chi connectivity index (χ2n) is 6.76. The molecule has 2 aliphatic rings. The maximum Gasteiger partial charge on any atom is 0.542 e. The molecule has 3 N–H and O–H groups in total. The molecule has 0 saturated heterocycles. The number of sulfonamides is 1. The monoisotopic (exact) mass is 402 g/mol. The molecular weight excluding hydrogens is 383 g/mol. The summed E-state index contributed by atoms with van der Waals surface area (Å²) < 4.78 is 38.3. The quantitative estimate of drug-likeness (QED) is 0.501. The van der Waals surface area contributed by atoms with Crippen molar-refractivity contribution < 1.29 is 27.6 Å². The van der Waals surface area contributed by atoms with Crippen LogP contribution < -0.4 is 14.7 Å². The van der Waals surface area contributed by atoms with E-state index in [9.17, 15) is 18.2 Å². The Labute approximate surface area is 163 Å². The summed E-state index contributed by atoms with van der Waals surface area (Å²) in [6.07, 6.45) is 0.174. The zero-order valence-corrected chi connectivity index (χ0v) is 16.0. The molecule has 2 aromatic rings. The van der Waals surface area contributed by atoms with Gasteiger partial charge in [-0.3, -0.25) is 0 Å². The first-order valence-corrected chi connectivity index (χ1v) is 10.3. The summed E-state index contributed by atoms with van der Waals surface area (Å²) >= 11 is 0. The smallest absolute Gasteiger partial charge is 0.534 e. The summed E-state index contributed by atoms with van der Waals surface area (Å²) in [6, 6.07) is 9.88. The third-order valence-electron chi connectivity index (χ3n) is 4.95. The van der Waals surface area contributed by atoms with E-state index in [1.165, 1.54) is 13.2 Å². The van der Waals surface area contributed by atoms with Crippen molar-refractivity contribution in [2.75, 3.05) is 7.11 Å². The number of carbonyl (C=O) groups is 1. The molecule has 0 aliphatic carbocycles. The topological polar surface area (TPSA) is 114 Å². The van der Waals surface area contributed by atoms with Gasteiger partial charge in [-0.25, -0.2) is 17.9 Å². The normalized spacial score (nSPS) is 18.2. The fourth-order valence-corrected chi connectivity index (χ4v) is 4.78. The number of nitrogens with one attached hydrogen (secondary N) is 2. The van der Waals surface area contributed by atoms with E-state index in [4.69, 9.17) is 9.39 Å². The number of para-hydroxylation sites is 1. The van der Waals surface area contributed by atoms with Gasteiger partial charge in [-0.2, -0.15) is 0 Å². The summed E-state index contributed by atoms with van der Waals surface area (Å²) in [6.45, 7) is 1.34. The Morgan fingerprint density at radius 2 is 2.04 bits per heavy atom. The third kappa shape index (κ3) is 3.40. The van der Waals surface area contributed by atoms with Crippen LogP contribution in [0.1, 0.15) is 27.0 Å². The van der Waals surface area contributed by atoms with E-state index in [1.807, 2.05) is 0 Å². The van der Waals surface area contributed by atoms with Gasteiger partial charge in [0.1, 0.15) is 11.3 Å². The summed E-state index contributed by atoms with van der Waals surface area (Å²) in [5.74, 6) is -1.27. The van der Waals surface area contributed by atoms with Crippen LogP contribution in [0.5, 0.6) is 5.75 Å². The zero-order valence-electron chi connectivity index (χ0n) is 15.1. The van der Waals surface area contributed by atoms with Gasteiger partial charge in [0, 0.05) is 13.1 Å². The van der Waals surface area contributed by atoms with Gasteiger partial charge in [0.25, 0.3) is 0 Å². The number of hydrogen-bond donors (Lipinski definition) is 3. The molecule has 28 heavy (non-hydrogen) atoms. The fourth-order valence-electron chi connectivity index (χ4n) is 3.50. The summed E-state index contributed by atoms with van der Waals surface area (Å²) in [5, 5.41) is 13.5. The molecule has 8 nitrogen and oxygen atoms in total. The Balaban J connectivity index is 1.58. The number of ether oxygens (including phenoxy) is 1. The molecule has 10 heteroatoms. The van der Waals surface area contributed by atoms with Crippen molar-refractivity contribution in [3.05, 3.63) is 58.7 Å². The molecule has 2 aliphatic heterocycles. The largest absolute Gasteiger partial charge is 0.542 e. The van der Waals surface area contributed by atoms with E-state index >= 15 is 0 Å². The molecule has 0 bridgehead atoms. The summed E-state index contributed by atoms with van der Waals surface area (Å²) in [7, 11) is -4.04. The van der Waals surface area contributed by atoms with E-state index in [1.54, 1.807) is 30.3 Å². The Bertz CT molecular complexity index is 1040. The molecule has 2 heterocycles. The zero-order chi connectivity index (χ0) is 19.9. The predicted octanol–water partition coefficient (Wildman–Crippen LogP) is 0.378. The van der Waals surface area contributed by atoms with Gasteiger partial charge >= 0.3 is 13.1 Å². The molecule has 146 valence electrons. The minimum absolute atomic E-state index is 0.135. The first kappa shape index (κ1) is 18.9. The second kappa shape index (κ2) is 7.21. The van der Waals surface area contributed by atoms with Crippen molar-refractivity contribution >= 4 is 23.1 Å². The maximum atomic E-state index is 12.8. The van der Waals surface area contributed by atoms with Crippen LogP contribution in [0.25, 0.3) is 0 Å². The standard InChI is InChI=1S/C18H19BN2O6S/c1-26-18(22)15-4-2-3-11-8-16(19(23)27-17(11)15)21-28(24,25)14-6-5-12-9-20-10-13(12)7-14/h2-7,16,20-21,23H,8-10H2,1H3. The lowest BCUT2D eigenvalue weighted by Gasteiger charge is -2.29. The van der Waals surface area contributed by atoms with Crippen LogP contribution in [0, 0.1) is 0 Å². The lowest BCUT2D eigenvalue weighted by Crippen LogP contribution is -2.53. The Morgan fingerprint density at radius 1 is 1.25 bits per heavy atom. The minimum Gasteiger partial charge on any atom is -0.534 e. The van der Waals surface area contributed by atoms with Crippen molar-refractivity contribution in [1.82, 2.24) is 10.0 Å². The number of esters is 1. The van der Waals surface area contributed by atoms with E-state index in [0.29, 0.717) is 12.1 Å². The second-order valence-corrected chi connectivity index (χ2v) is 8.47. The number of methoxy groups -OCH3 is 1. The highest BCUT2D eigenvalue weighted by atomic mass is 32.2. The number of carbonyl (C=O) groups excluding carboxylic acids is 1. The highest BCUT2D eigenvalue weighted by Crippen LogP contribution is 2.31. The van der Waals surface area contributed by atoms with Crippen LogP contribution >= 0.6 is 0 Å². The average molecular weight is 402 g/mol. The van der Waals surface area contributed by atoms with Crippen molar-refractivity contribution in [1.29, 1.82) is 0 Å². The summed E-state index contributed by atoms with van der Waals surface area (Å²) in [5.41, 5.74) is 2.81. The van der Waals surface area contributed by atoms with Crippen molar-refractivity contribution in [2.45, 2.75) is 30.3 Å². The van der Waals surface area contributed by atoms with E-state index in [-0.39, 0.29) is 22.6 Å². The van der Waals surface area contributed by atoms with Gasteiger partial charge in [0.2, 0.25) is 10.0 Å². The van der Waals surface area contributed by atoms with E-state index < -0.39 is 29.1 Å². The highest BCUT2D eigenvalue weighted by Gasteiger charge is 2.39. The molecule has 0 aromatic heterocycles. The SMILES string of the molecule is COC(=O)c1cccc2c1OB(O)C(NS(=O)(=O)c1ccc3c(c1)CNC3)C2. The molecule has 4 rings (SSSR count). The van der Waals surface area contributed by atoms with Gasteiger partial charge < -0.3 is 19.7 Å². The highest BCUT2D eigenvalue weighted by molar-refractivity contribution is 7.89. The van der Waals surface area contributed by atoms with Crippen LogP contribution in [0.3, 0.4) is 0 Å². The molecular formula is C18H19BN2O6S. The fraction of sp³-hybridized carbons (Fsp3) is 0.278. The first-order chi connectivity index (χ1) is 13.4. The molecule has 0 amide bonds. The molecule has 0 fully saturated rings. The van der Waals surface area contributed by atoms with Crippen LogP contribution in [0.4, 0.5) is 0 Å². The van der Waals surface area contributed by atoms with Crippen molar-refractivity contribution in [2.24, 2.45) is 0 Å². The lowest BCUT2D eigenvalue weighted by atomic mass is 9.73. The third-order valence-corrected chi connectivity index (χ3v) is 6.44. The van der Waals surface area contributed by atoms with Crippen LogP contribution in [0.15, 0.2) is 41.3 Å². The van der Waals surface area contributed by atoms with Crippen LogP contribution in [0.2, 0.25) is 0 Å². The summed E-state index contributed by atoms with van der Waals surface area (Å²) in [4.78, 5) is 12.0. The van der Waals surface area contributed by atoms with Gasteiger partial charge in [0.05, 0.1) is 17.9 Å². The molecule has 0 radical (unpaired) electrons. The molecule has 2 aromatic carbocycles. The number of fused-ring (bicyclic) bond motifs is 2. The van der Waals surface area contributed by atoms with Crippen LogP contribution in [-0.2, 0) is 34.3 Å². The van der Waals surface area contributed by atoms with Crippen molar-refractivity contribution in [3.8, 4) is 5.75 Å². The Morgan fingerprint density at radius 3 is 2.82 bits per heavy atom. The first-order valence-electron chi connectivity index (χ1n) is 8.79. The molecule has 1 unspecified atom stereocenters. The van der Waals surface area contributed by atoms with Gasteiger partial charge in [-0.05, 0) is 41.3 Å². The van der Waals surface area contributed by atoms with E-state index in [2.05, 4.69) is 10.0 Å². The molecule has 0 saturated carbocycles.